The van der Waals surface area contributed by atoms with Gasteiger partial charge in [0.1, 0.15) is 5.76 Å². The van der Waals surface area contributed by atoms with Crippen molar-refractivity contribution in [1.29, 1.82) is 0 Å². The minimum atomic E-state index is 0.268. The normalized spacial score (nSPS) is 10.1. The summed E-state index contributed by atoms with van der Waals surface area (Å²) in [7, 11) is 0. The van der Waals surface area contributed by atoms with Gasteiger partial charge in [0.05, 0.1) is 0 Å². The maximum absolute atomic E-state index is 8.72. The summed E-state index contributed by atoms with van der Waals surface area (Å²) in [5.74, 6) is 0.268. The lowest BCUT2D eigenvalue weighted by molar-refractivity contribution is 0.431. The van der Waals surface area contributed by atoms with Crippen LogP contribution >= 0.6 is 0 Å². The number of allylic oxidation sites excluding steroid dienone is 4. The Labute approximate surface area is 131 Å². The molecule has 0 bridgehead atoms. The van der Waals surface area contributed by atoms with E-state index in [1.807, 2.05) is 36.4 Å². The van der Waals surface area contributed by atoms with Crippen molar-refractivity contribution in [2.75, 3.05) is 0 Å². The van der Waals surface area contributed by atoms with E-state index >= 15 is 0 Å². The molecular weight excluding hydrogens is 256 g/mol. The van der Waals surface area contributed by atoms with Crippen LogP contribution < -0.4 is 0 Å². The second-order valence-corrected chi connectivity index (χ2v) is 4.52. The van der Waals surface area contributed by atoms with Gasteiger partial charge >= 0.3 is 0 Å². The summed E-state index contributed by atoms with van der Waals surface area (Å²) in [4.78, 5) is 0. The lowest BCUT2D eigenvalue weighted by Crippen LogP contribution is -1.70. The highest BCUT2D eigenvalue weighted by Gasteiger charge is 1.80. The maximum Gasteiger partial charge on any atom is 0.111 e. The van der Waals surface area contributed by atoms with E-state index in [2.05, 4.69) is 20.4 Å². The van der Waals surface area contributed by atoms with Crippen molar-refractivity contribution < 1.29 is 5.11 Å². The summed E-state index contributed by atoms with van der Waals surface area (Å²) in [5.41, 5.74) is 0. The van der Waals surface area contributed by atoms with E-state index in [1.165, 1.54) is 32.1 Å². The number of unbranched alkanes of at least 4 members (excludes halogenated alkanes) is 4. The number of hydrogen-bond acceptors (Lipinski definition) is 1. The Morgan fingerprint density at radius 3 is 1.62 bits per heavy atom. The van der Waals surface area contributed by atoms with Gasteiger partial charge in [-0.15, -0.1) is 0 Å². The van der Waals surface area contributed by atoms with E-state index in [4.69, 9.17) is 5.11 Å². The van der Waals surface area contributed by atoms with Gasteiger partial charge in [0.25, 0.3) is 0 Å². The van der Waals surface area contributed by atoms with Crippen LogP contribution in [0.25, 0.3) is 0 Å². The first-order valence-electron chi connectivity index (χ1n) is 7.87. The van der Waals surface area contributed by atoms with Gasteiger partial charge in [0, 0.05) is 0 Å². The van der Waals surface area contributed by atoms with Crippen LogP contribution in [0.2, 0.25) is 0 Å². The summed E-state index contributed by atoms with van der Waals surface area (Å²) in [6.07, 6.45) is 13.5. The SMILES string of the molecule is C=C/C=C\C(O)=C/C.CCCCCCC.c1ccccc1. The predicted molar refractivity (Wildman–Crippen MR) is 96.6 cm³/mol. The fraction of sp³-hybridized carbons (Fsp3) is 0.400. The van der Waals surface area contributed by atoms with Crippen molar-refractivity contribution in [3.8, 4) is 0 Å². The van der Waals surface area contributed by atoms with Crippen LogP contribution in [0.1, 0.15) is 52.9 Å². The molecule has 0 aliphatic heterocycles. The molecule has 0 saturated heterocycles. The highest BCUT2D eigenvalue weighted by atomic mass is 16.3. The molecule has 0 aliphatic carbocycles. The Balaban J connectivity index is 0. The van der Waals surface area contributed by atoms with E-state index in [9.17, 15) is 0 Å². The third-order valence-corrected chi connectivity index (χ3v) is 2.57. The van der Waals surface area contributed by atoms with Gasteiger partial charge < -0.3 is 5.11 Å². The van der Waals surface area contributed by atoms with Crippen LogP contribution in [0.5, 0.6) is 0 Å². The third-order valence-electron chi connectivity index (χ3n) is 2.57. The first kappa shape index (κ1) is 21.5. The van der Waals surface area contributed by atoms with Crippen LogP contribution in [-0.2, 0) is 0 Å². The lowest BCUT2D eigenvalue weighted by Gasteiger charge is -1.90. The molecule has 0 saturated carbocycles. The quantitative estimate of drug-likeness (QED) is 0.344. The Morgan fingerprint density at radius 1 is 0.905 bits per heavy atom. The highest BCUT2D eigenvalue weighted by Crippen LogP contribution is 2.00. The minimum Gasteiger partial charge on any atom is -0.508 e. The number of hydrogen-bond donors (Lipinski definition) is 1. The number of aliphatic hydroxyl groups is 1. The fourth-order valence-corrected chi connectivity index (χ4v) is 1.32. The second kappa shape index (κ2) is 20.6. The van der Waals surface area contributed by atoms with Crippen molar-refractivity contribution in [3.63, 3.8) is 0 Å². The average molecular weight is 288 g/mol. The van der Waals surface area contributed by atoms with Gasteiger partial charge in [-0.2, -0.15) is 0 Å². The van der Waals surface area contributed by atoms with Gasteiger partial charge in [0.2, 0.25) is 0 Å². The Bertz CT molecular complexity index is 319. The predicted octanol–water partition coefficient (Wildman–Crippen LogP) is 6.85. The molecule has 0 unspecified atom stereocenters. The van der Waals surface area contributed by atoms with Gasteiger partial charge in [-0.1, -0.05) is 101 Å². The number of benzene rings is 1. The topological polar surface area (TPSA) is 20.2 Å². The fourth-order valence-electron chi connectivity index (χ4n) is 1.32. The Hall–Kier alpha value is -1.76. The zero-order valence-electron chi connectivity index (χ0n) is 14.0. The molecule has 0 radical (unpaired) electrons. The zero-order chi connectivity index (χ0) is 16.2. The van der Waals surface area contributed by atoms with Crippen molar-refractivity contribution in [2.24, 2.45) is 0 Å². The molecule has 0 aromatic heterocycles. The number of rotatable bonds is 6. The molecule has 0 atom stereocenters. The molecule has 1 aromatic carbocycles. The van der Waals surface area contributed by atoms with Gasteiger partial charge in [0.15, 0.2) is 0 Å². The van der Waals surface area contributed by atoms with Crippen molar-refractivity contribution >= 4 is 0 Å². The van der Waals surface area contributed by atoms with E-state index in [0.717, 1.165) is 0 Å². The molecule has 0 aliphatic rings. The van der Waals surface area contributed by atoms with Crippen LogP contribution in [-0.4, -0.2) is 5.11 Å². The average Bonchev–Trinajstić information content (AvgIpc) is 2.56. The van der Waals surface area contributed by atoms with E-state index < -0.39 is 0 Å². The molecule has 1 heteroatoms. The van der Waals surface area contributed by atoms with Crippen LogP contribution in [0.4, 0.5) is 0 Å². The molecule has 0 spiro atoms. The Morgan fingerprint density at radius 2 is 1.33 bits per heavy atom. The second-order valence-electron chi connectivity index (χ2n) is 4.52. The van der Waals surface area contributed by atoms with Crippen molar-refractivity contribution in [2.45, 2.75) is 52.9 Å². The van der Waals surface area contributed by atoms with Gasteiger partial charge in [-0.05, 0) is 19.1 Å². The molecule has 1 nitrogen and oxygen atoms in total. The summed E-state index contributed by atoms with van der Waals surface area (Å²) in [6.45, 7) is 9.70. The Kier molecular flexibility index (Phi) is 21.1. The molecule has 0 heterocycles. The lowest BCUT2D eigenvalue weighted by atomic mass is 10.2. The van der Waals surface area contributed by atoms with Gasteiger partial charge in [-0.25, -0.2) is 0 Å². The molecule has 118 valence electrons. The molecule has 0 amide bonds. The number of aliphatic hydroxyl groups excluding tert-OH is 1. The van der Waals surface area contributed by atoms with Crippen LogP contribution in [0.15, 0.2) is 73.0 Å². The summed E-state index contributed by atoms with van der Waals surface area (Å²) >= 11 is 0. The first-order valence-corrected chi connectivity index (χ1v) is 7.87. The largest absolute Gasteiger partial charge is 0.508 e. The minimum absolute atomic E-state index is 0.268. The molecular formula is C20H32O. The summed E-state index contributed by atoms with van der Waals surface area (Å²) in [5, 5.41) is 8.72. The van der Waals surface area contributed by atoms with E-state index in [0.29, 0.717) is 0 Å². The van der Waals surface area contributed by atoms with Crippen molar-refractivity contribution in [3.05, 3.63) is 73.0 Å². The summed E-state index contributed by atoms with van der Waals surface area (Å²) < 4.78 is 0. The third kappa shape index (κ3) is 23.7. The van der Waals surface area contributed by atoms with E-state index in [-0.39, 0.29) is 5.76 Å². The molecule has 1 aromatic rings. The molecule has 1 N–H and O–H groups in total. The van der Waals surface area contributed by atoms with Gasteiger partial charge in [-0.3, -0.25) is 0 Å². The van der Waals surface area contributed by atoms with Crippen LogP contribution in [0, 0.1) is 0 Å². The zero-order valence-corrected chi connectivity index (χ0v) is 14.0. The van der Waals surface area contributed by atoms with Crippen molar-refractivity contribution in [1.82, 2.24) is 0 Å². The standard InChI is InChI=1S/C7H10O.C7H16.C6H6/c1-3-5-6-7(8)4-2;1-3-5-7-6-4-2;1-2-4-6-5-3-1/h3-6,8H,1H2,2H3;3-7H2,1-2H3;1-6H/b6-5-,7-4+;;. The maximum atomic E-state index is 8.72. The first-order chi connectivity index (χ1) is 10.2. The molecule has 0 fully saturated rings. The molecule has 21 heavy (non-hydrogen) atoms. The van der Waals surface area contributed by atoms with Crippen LogP contribution in [0.3, 0.4) is 0 Å². The monoisotopic (exact) mass is 288 g/mol. The van der Waals surface area contributed by atoms with E-state index in [1.54, 1.807) is 31.2 Å². The summed E-state index contributed by atoms with van der Waals surface area (Å²) in [6, 6.07) is 12.0. The smallest absolute Gasteiger partial charge is 0.111 e. The highest BCUT2D eigenvalue weighted by molar-refractivity contribution is 5.13. The molecule has 1 rings (SSSR count).